The third-order valence-electron chi connectivity index (χ3n) is 1.24. The molecule has 0 aliphatic heterocycles. The highest BCUT2D eigenvalue weighted by molar-refractivity contribution is 6.67. The number of aromatic nitrogens is 3. The molecule has 1 rings (SSSR count). The van der Waals surface area contributed by atoms with E-state index in [9.17, 15) is 0 Å². The Bertz CT molecular complexity index is 355. The van der Waals surface area contributed by atoms with Crippen LogP contribution in [0.1, 0.15) is 11.6 Å². The highest BCUT2D eigenvalue weighted by Crippen LogP contribution is 2.40. The number of hydrogen-bond acceptors (Lipinski definition) is 5. The molecule has 0 amide bonds. The summed E-state index contributed by atoms with van der Waals surface area (Å²) in [6, 6.07) is 0. The average Bonchev–Trinajstić information content (AvgIpc) is 2.14. The van der Waals surface area contributed by atoms with E-state index in [1.165, 1.54) is 0 Å². The molecule has 0 saturated heterocycles. The van der Waals surface area contributed by atoms with Crippen molar-refractivity contribution < 1.29 is 5.21 Å². The summed E-state index contributed by atoms with van der Waals surface area (Å²) in [7, 11) is 0. The minimum absolute atomic E-state index is 0.287. The van der Waals surface area contributed by atoms with Gasteiger partial charge in [-0.2, -0.15) is 9.97 Å². The van der Waals surface area contributed by atoms with E-state index < -0.39 is 7.59 Å². The second-order valence-electron chi connectivity index (χ2n) is 2.41. The molecule has 0 aromatic carbocycles. The predicted octanol–water partition coefficient (Wildman–Crippen LogP) is 3.33. The lowest BCUT2D eigenvalue weighted by atomic mass is 10.6. The standard InChI is InChI=1S/C5H2Cl6N4O/c6-4(7,8)1-12-2(5(9,10)11)14-3(13-1)15-16/h16H,(H,12,13,14,15). The summed E-state index contributed by atoms with van der Waals surface area (Å²) in [4.78, 5) is 10.8. The maximum atomic E-state index is 8.66. The summed E-state index contributed by atoms with van der Waals surface area (Å²) < 4.78 is -3.86. The van der Waals surface area contributed by atoms with Crippen LogP contribution in [-0.2, 0) is 7.59 Å². The van der Waals surface area contributed by atoms with Gasteiger partial charge in [0.15, 0.2) is 11.6 Å². The van der Waals surface area contributed by atoms with Gasteiger partial charge in [-0.15, -0.1) is 0 Å². The van der Waals surface area contributed by atoms with E-state index in [0.29, 0.717) is 0 Å². The molecular weight excluding hydrogens is 345 g/mol. The van der Waals surface area contributed by atoms with E-state index in [1.807, 2.05) is 0 Å². The molecule has 2 N–H and O–H groups in total. The van der Waals surface area contributed by atoms with E-state index in [2.05, 4.69) is 15.0 Å². The maximum Gasteiger partial charge on any atom is 0.250 e. The van der Waals surface area contributed by atoms with Gasteiger partial charge in [-0.1, -0.05) is 69.6 Å². The molecule has 0 atom stereocenters. The molecular formula is C5H2Cl6N4O. The Labute approximate surface area is 120 Å². The minimum Gasteiger partial charge on any atom is -0.288 e. The fourth-order valence-electron chi connectivity index (χ4n) is 0.679. The van der Waals surface area contributed by atoms with Crippen LogP contribution in [0.15, 0.2) is 0 Å². The van der Waals surface area contributed by atoms with Crippen LogP contribution in [0.2, 0.25) is 0 Å². The summed E-state index contributed by atoms with van der Waals surface area (Å²) in [5, 5.41) is 8.66. The monoisotopic (exact) mass is 344 g/mol. The van der Waals surface area contributed by atoms with Crippen molar-refractivity contribution in [1.29, 1.82) is 0 Å². The quantitative estimate of drug-likeness (QED) is 0.603. The van der Waals surface area contributed by atoms with Gasteiger partial charge in [-0.25, -0.2) is 10.5 Å². The molecule has 0 fully saturated rings. The second kappa shape index (κ2) is 5.02. The molecule has 1 aromatic heterocycles. The summed E-state index contributed by atoms with van der Waals surface area (Å²) in [5.41, 5.74) is 1.64. The third kappa shape index (κ3) is 3.77. The molecule has 0 radical (unpaired) electrons. The van der Waals surface area contributed by atoms with Crippen molar-refractivity contribution >= 4 is 75.6 Å². The SMILES string of the molecule is ONc1nc(C(Cl)(Cl)Cl)nc(C(Cl)(Cl)Cl)n1. The van der Waals surface area contributed by atoms with Gasteiger partial charge >= 0.3 is 0 Å². The molecule has 0 spiro atoms. The van der Waals surface area contributed by atoms with Gasteiger partial charge in [0, 0.05) is 0 Å². The Balaban J connectivity index is 3.33. The molecule has 5 nitrogen and oxygen atoms in total. The van der Waals surface area contributed by atoms with Crippen LogP contribution in [0.25, 0.3) is 0 Å². The number of nitrogens with one attached hydrogen (secondary N) is 1. The summed E-state index contributed by atoms with van der Waals surface area (Å²) in [5.74, 6) is -0.881. The van der Waals surface area contributed by atoms with Crippen LogP contribution < -0.4 is 5.48 Å². The van der Waals surface area contributed by atoms with Gasteiger partial charge in [0.1, 0.15) is 0 Å². The van der Waals surface area contributed by atoms with E-state index in [4.69, 9.17) is 74.8 Å². The van der Waals surface area contributed by atoms with Gasteiger partial charge in [0.2, 0.25) is 7.59 Å². The lowest BCUT2D eigenvalue weighted by molar-refractivity contribution is 0.381. The third-order valence-corrected chi connectivity index (χ3v) is 2.26. The summed E-state index contributed by atoms with van der Waals surface area (Å²) in [6.07, 6.45) is 0. The molecule has 1 heterocycles. The molecule has 0 aliphatic carbocycles. The zero-order valence-electron chi connectivity index (χ0n) is 7.06. The number of hydrogen-bond donors (Lipinski definition) is 2. The summed E-state index contributed by atoms with van der Waals surface area (Å²) in [6.45, 7) is 0. The number of halogens is 6. The van der Waals surface area contributed by atoms with Crippen molar-refractivity contribution in [3.8, 4) is 0 Å². The zero-order chi connectivity index (χ0) is 12.6. The Morgan fingerprint density at radius 1 is 0.812 bits per heavy atom. The molecule has 16 heavy (non-hydrogen) atoms. The first-order valence-corrected chi connectivity index (χ1v) is 5.72. The fourth-order valence-corrected chi connectivity index (χ4v) is 1.19. The minimum atomic E-state index is -1.93. The smallest absolute Gasteiger partial charge is 0.250 e. The first-order chi connectivity index (χ1) is 7.14. The van der Waals surface area contributed by atoms with E-state index in [1.54, 1.807) is 5.48 Å². The van der Waals surface area contributed by atoms with Crippen molar-refractivity contribution in [2.24, 2.45) is 0 Å². The normalized spacial score (nSPS) is 12.7. The van der Waals surface area contributed by atoms with Crippen molar-refractivity contribution in [2.45, 2.75) is 7.59 Å². The Morgan fingerprint density at radius 3 is 1.44 bits per heavy atom. The lowest BCUT2D eigenvalue weighted by Gasteiger charge is -2.14. The first kappa shape index (κ1) is 14.6. The lowest BCUT2D eigenvalue weighted by Crippen LogP contribution is -2.17. The predicted molar refractivity (Wildman–Crippen MR) is 63.7 cm³/mol. The maximum absolute atomic E-state index is 8.66. The van der Waals surface area contributed by atoms with Crippen LogP contribution in [0.3, 0.4) is 0 Å². The van der Waals surface area contributed by atoms with Crippen LogP contribution in [-0.4, -0.2) is 20.2 Å². The van der Waals surface area contributed by atoms with Gasteiger partial charge in [0.05, 0.1) is 0 Å². The van der Waals surface area contributed by atoms with Crippen LogP contribution in [0.5, 0.6) is 0 Å². The number of alkyl halides is 6. The Hall–Kier alpha value is 0.510. The molecule has 90 valence electrons. The van der Waals surface area contributed by atoms with Crippen LogP contribution in [0, 0.1) is 0 Å². The zero-order valence-corrected chi connectivity index (χ0v) is 11.6. The number of anilines is 1. The number of nitrogens with zero attached hydrogens (tertiary/aromatic N) is 3. The Morgan fingerprint density at radius 2 is 1.19 bits per heavy atom. The second-order valence-corrected chi connectivity index (χ2v) is 6.98. The van der Waals surface area contributed by atoms with Gasteiger partial charge in [-0.3, -0.25) is 5.21 Å². The number of rotatable bonds is 1. The van der Waals surface area contributed by atoms with Crippen LogP contribution in [0.4, 0.5) is 5.95 Å². The average molecular weight is 347 g/mol. The molecule has 0 bridgehead atoms. The van der Waals surface area contributed by atoms with Crippen molar-refractivity contribution in [2.75, 3.05) is 5.48 Å². The van der Waals surface area contributed by atoms with Crippen molar-refractivity contribution in [3.63, 3.8) is 0 Å². The topological polar surface area (TPSA) is 70.9 Å². The van der Waals surface area contributed by atoms with Gasteiger partial charge in [-0.05, 0) is 0 Å². The highest BCUT2D eigenvalue weighted by atomic mass is 35.6. The summed E-state index contributed by atoms with van der Waals surface area (Å²) >= 11 is 33.3. The van der Waals surface area contributed by atoms with Crippen molar-refractivity contribution in [3.05, 3.63) is 11.6 Å². The largest absolute Gasteiger partial charge is 0.288 e. The fraction of sp³-hybridized carbons (Fsp3) is 0.400. The molecule has 0 saturated carbocycles. The molecule has 0 aliphatic rings. The van der Waals surface area contributed by atoms with E-state index >= 15 is 0 Å². The van der Waals surface area contributed by atoms with Gasteiger partial charge < -0.3 is 0 Å². The first-order valence-electron chi connectivity index (χ1n) is 3.45. The highest BCUT2D eigenvalue weighted by Gasteiger charge is 2.33. The van der Waals surface area contributed by atoms with E-state index in [0.717, 1.165) is 0 Å². The van der Waals surface area contributed by atoms with Crippen LogP contribution >= 0.6 is 69.6 Å². The van der Waals surface area contributed by atoms with Gasteiger partial charge in [0.25, 0.3) is 5.95 Å². The van der Waals surface area contributed by atoms with E-state index in [-0.39, 0.29) is 17.6 Å². The van der Waals surface area contributed by atoms with Crippen molar-refractivity contribution in [1.82, 2.24) is 15.0 Å². The molecule has 1 aromatic rings. The Kier molecular flexibility index (Phi) is 4.57. The molecule has 11 heteroatoms. The molecule has 0 unspecified atom stereocenters.